The minimum atomic E-state index is 0.649. The molecule has 22 aromatic carbocycles. The van der Waals surface area contributed by atoms with E-state index in [0.717, 1.165) is 223 Å². The van der Waals surface area contributed by atoms with Gasteiger partial charge in [-0.05, 0) is 263 Å². The molecule has 0 radical (unpaired) electrons. The second-order valence-corrected chi connectivity index (χ2v) is 35.0. The molecular formula is C132H90Cl2N2. The normalized spacial score (nSPS) is 11.2. The Balaban J connectivity index is 0.834. The summed E-state index contributed by atoms with van der Waals surface area (Å²) >= 11 is 14.3. The van der Waals surface area contributed by atoms with Crippen LogP contribution in [0, 0.1) is 0 Å². The van der Waals surface area contributed by atoms with Gasteiger partial charge in [0.25, 0.3) is 0 Å². The molecule has 0 saturated heterocycles. The van der Waals surface area contributed by atoms with Gasteiger partial charge in [-0.15, -0.1) is 0 Å². The molecule has 0 N–H and O–H groups in total. The van der Waals surface area contributed by atoms with Crippen molar-refractivity contribution < 1.29 is 0 Å². The standard InChI is InChI=1S/C132H90Cl2N2/c133-107-79-67-103(68-80-107)123-121(97-47-19-5-20-48-97)127(99-51-23-7-24-52-99)131(129(101-55-27-9-28-56-101)125(123)105-75-87-111(88-76-105)135(109-83-71-93(72-84-109)91-39-11-1-12-40-91)119-65-37-35-59-113(119)95-43-15-3-16-44-95)117-63-33-31-61-115(117)116-62-32-34-64-118(116)132-128(100-53-25-8-26-54-100)122(98-49-21-6-22-50-98)124(104-69-81-108(134)82-70-104)126(130(132)102-57-29-10-30-58-102)106-77-89-112(90-78-106)136(110-85-73-94(74-86-110)92-41-13-2-14-42-92)120-66-38-36-60-114(120)96-45-17-4-18-46-96/h1-90H. The van der Waals surface area contributed by atoms with Gasteiger partial charge in [0.15, 0.2) is 0 Å². The molecule has 2 nitrogen and oxygen atoms in total. The topological polar surface area (TPSA) is 6.48 Å². The highest BCUT2D eigenvalue weighted by molar-refractivity contribution is 6.31. The predicted octanol–water partition coefficient (Wildman–Crippen LogP) is 38.3. The Bertz CT molecular complexity index is 7470. The molecular weight excluding hydrogens is 1680 g/mol. The van der Waals surface area contributed by atoms with E-state index in [1.54, 1.807) is 0 Å². The second-order valence-electron chi connectivity index (χ2n) is 34.2. The van der Waals surface area contributed by atoms with Crippen molar-refractivity contribution in [2.45, 2.75) is 0 Å². The van der Waals surface area contributed by atoms with Gasteiger partial charge in [0, 0.05) is 43.9 Å². The monoisotopic (exact) mass is 1770 g/mol. The van der Waals surface area contributed by atoms with Gasteiger partial charge in [-0.1, -0.05) is 484 Å². The summed E-state index contributed by atoms with van der Waals surface area (Å²) in [6, 6.07) is 199. The Labute approximate surface area is 806 Å². The molecule has 0 saturated carbocycles. The summed E-state index contributed by atoms with van der Waals surface area (Å²) in [6.45, 7) is 0. The SMILES string of the molecule is Clc1ccc(-c2c(-c3ccccc3)c(-c3ccccc3)c(-c3ccccc3-c3ccccc3-c3c(-c4ccccc4)c(-c4ccccc4)c(-c4ccc(Cl)cc4)c(-c4ccc(N(c5ccc(-c6ccccc6)cc5)c5ccccc5-c5ccccc5)cc4)c3-c3ccccc3)c(-c3ccccc3)c2-c2ccc(N(c3ccc(-c4ccccc4)cc3)c3ccccc3-c3ccccc3)cc2)cc1. The molecule has 0 bridgehead atoms. The lowest BCUT2D eigenvalue weighted by Gasteiger charge is -2.31. The smallest absolute Gasteiger partial charge is 0.0540 e. The highest BCUT2D eigenvalue weighted by atomic mass is 35.5. The Kier molecular flexibility index (Phi) is 23.9. The number of para-hydroxylation sites is 2. The lowest BCUT2D eigenvalue weighted by Crippen LogP contribution is -2.11. The van der Waals surface area contributed by atoms with E-state index in [1.807, 2.05) is 24.3 Å². The van der Waals surface area contributed by atoms with E-state index in [0.29, 0.717) is 10.0 Å². The summed E-state index contributed by atoms with van der Waals surface area (Å²) in [5.74, 6) is 0. The fourth-order valence-corrected chi connectivity index (χ4v) is 20.2. The molecule has 0 fully saturated rings. The van der Waals surface area contributed by atoms with Crippen LogP contribution in [0.1, 0.15) is 0 Å². The minimum Gasteiger partial charge on any atom is -0.310 e. The Morgan fingerprint density at radius 2 is 0.250 bits per heavy atom. The molecule has 22 rings (SSSR count). The Morgan fingerprint density at radius 3 is 0.478 bits per heavy atom. The molecule has 4 heteroatoms. The summed E-state index contributed by atoms with van der Waals surface area (Å²) in [5.41, 5.74) is 42.6. The lowest BCUT2D eigenvalue weighted by molar-refractivity contribution is 1.28. The van der Waals surface area contributed by atoms with Crippen molar-refractivity contribution in [3.8, 4) is 189 Å². The minimum absolute atomic E-state index is 0.649. The van der Waals surface area contributed by atoms with Gasteiger partial charge in [0.2, 0.25) is 0 Å². The van der Waals surface area contributed by atoms with Crippen LogP contribution in [-0.2, 0) is 0 Å². The number of halogens is 2. The summed E-state index contributed by atoms with van der Waals surface area (Å²) in [4.78, 5) is 4.83. The molecule has 0 spiro atoms. The maximum Gasteiger partial charge on any atom is 0.0540 e. The van der Waals surface area contributed by atoms with Crippen molar-refractivity contribution in [2.75, 3.05) is 9.80 Å². The van der Waals surface area contributed by atoms with Crippen molar-refractivity contribution in [1.82, 2.24) is 0 Å². The third-order valence-corrected chi connectivity index (χ3v) is 26.6. The van der Waals surface area contributed by atoms with Crippen molar-refractivity contribution in [3.63, 3.8) is 0 Å². The van der Waals surface area contributed by atoms with E-state index in [2.05, 4.69) is 532 Å². The average Bonchev–Trinajstić information content (AvgIpc) is 0.706. The first-order valence-corrected chi connectivity index (χ1v) is 47.1. The van der Waals surface area contributed by atoms with Crippen LogP contribution in [0.5, 0.6) is 0 Å². The first-order chi connectivity index (χ1) is 67.4. The van der Waals surface area contributed by atoms with Gasteiger partial charge in [-0.25, -0.2) is 0 Å². The number of anilines is 6. The van der Waals surface area contributed by atoms with Gasteiger partial charge in [-0.2, -0.15) is 0 Å². The first kappa shape index (κ1) is 84.6. The molecule has 0 aromatic heterocycles. The van der Waals surface area contributed by atoms with Crippen LogP contribution in [-0.4, -0.2) is 0 Å². The van der Waals surface area contributed by atoms with Crippen LogP contribution in [0.4, 0.5) is 34.1 Å². The van der Waals surface area contributed by atoms with Gasteiger partial charge in [-0.3, -0.25) is 0 Å². The molecule has 0 aliphatic rings. The zero-order chi connectivity index (χ0) is 91.0. The zero-order valence-electron chi connectivity index (χ0n) is 74.6. The lowest BCUT2D eigenvalue weighted by atomic mass is 9.72. The molecule has 0 amide bonds. The van der Waals surface area contributed by atoms with E-state index in [9.17, 15) is 0 Å². The van der Waals surface area contributed by atoms with Crippen LogP contribution in [0.25, 0.3) is 189 Å². The van der Waals surface area contributed by atoms with Crippen molar-refractivity contribution in [1.29, 1.82) is 0 Å². The highest BCUT2D eigenvalue weighted by Gasteiger charge is 2.35. The van der Waals surface area contributed by atoms with Crippen LogP contribution in [0.2, 0.25) is 10.0 Å². The molecule has 0 aliphatic carbocycles. The summed E-state index contributed by atoms with van der Waals surface area (Å²) < 4.78 is 0. The maximum absolute atomic E-state index is 7.14. The average molecular weight is 1780 g/mol. The zero-order valence-corrected chi connectivity index (χ0v) is 76.1. The van der Waals surface area contributed by atoms with E-state index in [1.165, 1.54) is 0 Å². The van der Waals surface area contributed by atoms with Crippen LogP contribution < -0.4 is 9.80 Å². The molecule has 0 aliphatic heterocycles. The third kappa shape index (κ3) is 16.7. The number of hydrogen-bond donors (Lipinski definition) is 0. The first-order valence-electron chi connectivity index (χ1n) is 46.3. The van der Waals surface area contributed by atoms with Gasteiger partial charge >= 0.3 is 0 Å². The van der Waals surface area contributed by atoms with Gasteiger partial charge in [0.05, 0.1) is 11.4 Å². The van der Waals surface area contributed by atoms with E-state index < -0.39 is 0 Å². The molecule has 0 heterocycles. The summed E-state index contributed by atoms with van der Waals surface area (Å²) in [6.07, 6.45) is 0. The number of nitrogens with zero attached hydrogens (tertiary/aromatic N) is 2. The van der Waals surface area contributed by atoms with Crippen LogP contribution in [0.3, 0.4) is 0 Å². The fourth-order valence-electron chi connectivity index (χ4n) is 20.0. The second kappa shape index (κ2) is 38.4. The van der Waals surface area contributed by atoms with Crippen LogP contribution in [0.15, 0.2) is 546 Å². The van der Waals surface area contributed by atoms with Crippen molar-refractivity contribution in [3.05, 3.63) is 556 Å². The summed E-state index contributed by atoms with van der Waals surface area (Å²) in [5, 5.41) is 1.30. The Hall–Kier alpha value is -17.0. The third-order valence-electron chi connectivity index (χ3n) is 26.1. The molecule has 22 aromatic rings. The molecule has 0 unspecified atom stereocenters. The summed E-state index contributed by atoms with van der Waals surface area (Å²) in [7, 11) is 0. The maximum atomic E-state index is 7.14. The van der Waals surface area contributed by atoms with Crippen molar-refractivity contribution in [2.24, 2.45) is 0 Å². The van der Waals surface area contributed by atoms with E-state index in [4.69, 9.17) is 23.2 Å². The number of rotatable bonds is 23. The van der Waals surface area contributed by atoms with E-state index in [-0.39, 0.29) is 0 Å². The van der Waals surface area contributed by atoms with Gasteiger partial charge in [0.1, 0.15) is 0 Å². The fraction of sp³-hybridized carbons (Fsp3) is 0. The molecule has 136 heavy (non-hydrogen) atoms. The van der Waals surface area contributed by atoms with Gasteiger partial charge < -0.3 is 9.80 Å². The molecule has 0 atom stereocenters. The quantitative estimate of drug-likeness (QED) is 0.0630. The number of benzene rings is 22. The van der Waals surface area contributed by atoms with Crippen LogP contribution >= 0.6 is 23.2 Å². The largest absolute Gasteiger partial charge is 0.310 e. The molecule has 642 valence electrons. The van der Waals surface area contributed by atoms with Crippen molar-refractivity contribution >= 4 is 57.3 Å². The number of hydrogen-bond acceptors (Lipinski definition) is 2. The predicted molar refractivity (Wildman–Crippen MR) is 578 cm³/mol. The van der Waals surface area contributed by atoms with E-state index >= 15 is 0 Å². The Morgan fingerprint density at radius 1 is 0.103 bits per heavy atom. The highest BCUT2D eigenvalue weighted by Crippen LogP contribution is 2.62.